The Morgan fingerprint density at radius 3 is 1.56 bits per heavy atom. The second-order valence-corrected chi connectivity index (χ2v) is 16.8. The summed E-state index contributed by atoms with van der Waals surface area (Å²) in [6.07, 6.45) is 0. The number of benzene rings is 9. The van der Waals surface area contributed by atoms with E-state index < -0.39 is 0 Å². The lowest BCUT2D eigenvalue weighted by atomic mass is 9.93. The molecule has 0 amide bonds. The minimum absolute atomic E-state index is 0.671. The number of nitrogens with zero attached hydrogens (tertiary/aromatic N) is 2. The summed E-state index contributed by atoms with van der Waals surface area (Å²) < 4.78 is 9.33. The standard InChI is InChI=1S/C58H36N2OS/c1-4-14-37(15-5-1)43-32-44(38-16-6-2-7-17-38)34-45(33-43)52-36-51(40-18-8-3-9-19-40)59-58(60-52)41-26-24-39(25-27-41)46-29-30-47(57-56(46)49-21-10-12-22-53(49)61-57)42-28-31-55-50(35-42)48-20-11-13-23-54(48)62-55/h1-36H. The van der Waals surface area contributed by atoms with E-state index in [4.69, 9.17) is 14.4 Å². The fraction of sp³-hybridized carbons (Fsp3) is 0. The van der Waals surface area contributed by atoms with E-state index in [2.05, 4.69) is 206 Å². The first-order chi connectivity index (χ1) is 30.7. The van der Waals surface area contributed by atoms with Crippen LogP contribution in [-0.2, 0) is 0 Å². The Labute approximate surface area is 362 Å². The van der Waals surface area contributed by atoms with Gasteiger partial charge in [0.25, 0.3) is 0 Å². The van der Waals surface area contributed by atoms with E-state index in [-0.39, 0.29) is 0 Å². The molecule has 3 aromatic heterocycles. The summed E-state index contributed by atoms with van der Waals surface area (Å²) in [4.78, 5) is 10.5. The average molecular weight is 809 g/mol. The van der Waals surface area contributed by atoms with Crippen LogP contribution in [0.3, 0.4) is 0 Å². The van der Waals surface area contributed by atoms with Gasteiger partial charge >= 0.3 is 0 Å². The van der Waals surface area contributed by atoms with Gasteiger partial charge in [-0.3, -0.25) is 0 Å². The molecule has 0 saturated heterocycles. The van der Waals surface area contributed by atoms with Gasteiger partial charge in [-0.2, -0.15) is 0 Å². The second-order valence-electron chi connectivity index (χ2n) is 15.7. The molecule has 0 atom stereocenters. The molecule has 0 spiro atoms. The number of furan rings is 1. The van der Waals surface area contributed by atoms with Crippen LogP contribution in [0, 0.1) is 0 Å². The molecule has 4 heteroatoms. The molecule has 12 rings (SSSR count). The van der Waals surface area contributed by atoms with Crippen molar-refractivity contribution in [3.05, 3.63) is 218 Å². The molecule has 62 heavy (non-hydrogen) atoms. The average Bonchev–Trinajstić information content (AvgIpc) is 3.93. The first-order valence-corrected chi connectivity index (χ1v) is 21.7. The molecule has 0 radical (unpaired) electrons. The van der Waals surface area contributed by atoms with E-state index in [0.29, 0.717) is 5.82 Å². The first kappa shape index (κ1) is 36.0. The molecule has 0 bridgehead atoms. The quantitative estimate of drug-likeness (QED) is 0.161. The number of aromatic nitrogens is 2. The van der Waals surface area contributed by atoms with Gasteiger partial charge in [-0.05, 0) is 93.5 Å². The number of para-hydroxylation sites is 1. The molecule has 12 aromatic rings. The van der Waals surface area contributed by atoms with Gasteiger partial charge in [-0.25, -0.2) is 9.97 Å². The molecule has 9 aromatic carbocycles. The van der Waals surface area contributed by atoms with Crippen LogP contribution in [0.5, 0.6) is 0 Å². The highest BCUT2D eigenvalue weighted by molar-refractivity contribution is 7.25. The topological polar surface area (TPSA) is 38.9 Å². The van der Waals surface area contributed by atoms with E-state index in [1.54, 1.807) is 0 Å². The van der Waals surface area contributed by atoms with Gasteiger partial charge < -0.3 is 4.42 Å². The summed E-state index contributed by atoms with van der Waals surface area (Å²) >= 11 is 1.84. The van der Waals surface area contributed by atoms with E-state index in [0.717, 1.165) is 94.5 Å². The van der Waals surface area contributed by atoms with Gasteiger partial charge in [0.1, 0.15) is 11.2 Å². The molecule has 0 unspecified atom stereocenters. The number of fused-ring (bicyclic) bond motifs is 6. The maximum atomic E-state index is 6.74. The molecule has 3 nitrogen and oxygen atoms in total. The van der Waals surface area contributed by atoms with Crippen LogP contribution in [0.15, 0.2) is 223 Å². The second kappa shape index (κ2) is 15.0. The van der Waals surface area contributed by atoms with Crippen molar-refractivity contribution in [2.75, 3.05) is 0 Å². The number of hydrogen-bond acceptors (Lipinski definition) is 4. The Morgan fingerprint density at radius 2 is 0.855 bits per heavy atom. The van der Waals surface area contributed by atoms with Crippen molar-refractivity contribution in [3.8, 4) is 78.4 Å². The van der Waals surface area contributed by atoms with Crippen LogP contribution in [-0.4, -0.2) is 9.97 Å². The van der Waals surface area contributed by atoms with Crippen LogP contribution >= 0.6 is 11.3 Å². The fourth-order valence-corrected chi connectivity index (χ4v) is 9.93. The minimum Gasteiger partial charge on any atom is -0.455 e. The molecule has 0 aliphatic rings. The number of rotatable bonds is 7. The summed E-state index contributed by atoms with van der Waals surface area (Å²) in [5.74, 6) is 0.671. The molecule has 0 fully saturated rings. The summed E-state index contributed by atoms with van der Waals surface area (Å²) in [5.41, 5.74) is 15.5. The van der Waals surface area contributed by atoms with Crippen molar-refractivity contribution >= 4 is 53.4 Å². The summed E-state index contributed by atoms with van der Waals surface area (Å²) in [6.45, 7) is 0. The van der Waals surface area contributed by atoms with Crippen molar-refractivity contribution in [3.63, 3.8) is 0 Å². The van der Waals surface area contributed by atoms with E-state index in [1.807, 2.05) is 23.5 Å². The Morgan fingerprint density at radius 1 is 0.323 bits per heavy atom. The van der Waals surface area contributed by atoms with Gasteiger partial charge in [0.2, 0.25) is 0 Å². The number of thiophene rings is 1. The zero-order chi connectivity index (χ0) is 41.0. The van der Waals surface area contributed by atoms with Gasteiger partial charge in [0, 0.05) is 53.2 Å². The van der Waals surface area contributed by atoms with Gasteiger partial charge in [-0.15, -0.1) is 11.3 Å². The molecule has 0 N–H and O–H groups in total. The maximum absolute atomic E-state index is 6.74. The monoisotopic (exact) mass is 808 g/mol. The fourth-order valence-electron chi connectivity index (χ4n) is 8.84. The third kappa shape index (κ3) is 6.37. The zero-order valence-corrected chi connectivity index (χ0v) is 34.3. The maximum Gasteiger partial charge on any atom is 0.160 e. The lowest BCUT2D eigenvalue weighted by Crippen LogP contribution is -1.96. The lowest BCUT2D eigenvalue weighted by molar-refractivity contribution is 0.670. The van der Waals surface area contributed by atoms with Crippen LogP contribution in [0.25, 0.3) is 121 Å². The predicted molar refractivity (Wildman–Crippen MR) is 260 cm³/mol. The number of hydrogen-bond donors (Lipinski definition) is 0. The Hall–Kier alpha value is -7.92. The molecular weight excluding hydrogens is 773 g/mol. The minimum atomic E-state index is 0.671. The summed E-state index contributed by atoms with van der Waals surface area (Å²) in [7, 11) is 0. The Bertz CT molecular complexity index is 3550. The Kier molecular flexibility index (Phi) is 8.68. The smallest absolute Gasteiger partial charge is 0.160 e. The highest BCUT2D eigenvalue weighted by Gasteiger charge is 2.19. The van der Waals surface area contributed by atoms with Gasteiger partial charge in [0.05, 0.1) is 11.4 Å². The van der Waals surface area contributed by atoms with Crippen LogP contribution < -0.4 is 0 Å². The van der Waals surface area contributed by atoms with E-state index in [1.165, 1.54) is 20.2 Å². The van der Waals surface area contributed by atoms with Gasteiger partial charge in [-0.1, -0.05) is 164 Å². The normalized spacial score (nSPS) is 11.5. The predicted octanol–water partition coefficient (Wildman–Crippen LogP) is 16.4. The van der Waals surface area contributed by atoms with E-state index >= 15 is 0 Å². The summed E-state index contributed by atoms with van der Waals surface area (Å²) in [5, 5.41) is 4.77. The lowest BCUT2D eigenvalue weighted by Gasteiger charge is -2.13. The zero-order valence-electron chi connectivity index (χ0n) is 33.5. The van der Waals surface area contributed by atoms with Crippen LogP contribution in [0.2, 0.25) is 0 Å². The molecule has 3 heterocycles. The Balaban J connectivity index is 0.982. The van der Waals surface area contributed by atoms with Crippen molar-refractivity contribution in [1.29, 1.82) is 0 Å². The third-order valence-corrected chi connectivity index (χ3v) is 13.1. The highest BCUT2D eigenvalue weighted by Crippen LogP contribution is 2.44. The molecule has 290 valence electrons. The van der Waals surface area contributed by atoms with Crippen molar-refractivity contribution in [2.24, 2.45) is 0 Å². The molecule has 0 aliphatic carbocycles. The largest absolute Gasteiger partial charge is 0.455 e. The van der Waals surface area contributed by atoms with E-state index in [9.17, 15) is 0 Å². The highest BCUT2D eigenvalue weighted by atomic mass is 32.1. The van der Waals surface area contributed by atoms with Crippen molar-refractivity contribution < 1.29 is 4.42 Å². The molecule has 0 saturated carbocycles. The van der Waals surface area contributed by atoms with Crippen molar-refractivity contribution in [2.45, 2.75) is 0 Å². The van der Waals surface area contributed by atoms with Crippen molar-refractivity contribution in [1.82, 2.24) is 9.97 Å². The molecule has 0 aliphatic heterocycles. The van der Waals surface area contributed by atoms with Crippen LogP contribution in [0.1, 0.15) is 0 Å². The summed E-state index contributed by atoms with van der Waals surface area (Å²) in [6, 6.07) is 77.3. The van der Waals surface area contributed by atoms with Gasteiger partial charge in [0.15, 0.2) is 5.82 Å². The van der Waals surface area contributed by atoms with Crippen LogP contribution in [0.4, 0.5) is 0 Å². The third-order valence-electron chi connectivity index (χ3n) is 11.9. The first-order valence-electron chi connectivity index (χ1n) is 20.9. The molecular formula is C58H36N2OS. The SMILES string of the molecule is c1ccc(-c2cc(-c3ccccc3)cc(-c3cc(-c4ccccc4)nc(-c4ccc(-c5ccc(-c6ccc7sc8ccccc8c7c6)c6oc7ccccc7c56)cc4)n3)c2)cc1.